The van der Waals surface area contributed by atoms with Gasteiger partial charge >= 0.3 is 35.1 Å². The van der Waals surface area contributed by atoms with Crippen molar-refractivity contribution in [2.45, 2.75) is 81.8 Å². The summed E-state index contributed by atoms with van der Waals surface area (Å²) in [5.41, 5.74) is -1.29. The first-order valence-electron chi connectivity index (χ1n) is 21.8. The Morgan fingerprint density at radius 2 is 1.37 bits per heavy atom. The standard InChI is InChI=1S/C42H48N5O21P3/c48-25-10-13-29-32(20-25)64-33-21-26(49)11-14-30(33)42(29)28-12-9-24(19-27(28)40(54)66-42)39(53)44-17-6-1-3-7-35(50)43-16-5-2-4-8-36(51)45-31-22-38(47-18-15-37(52)46-41(47)55)65-34(31)23-63-70(59,60)68-71(61,62)67-69(56,57)58/h9-15,18-21,31,34,38,48-49H,1-8,16-17,22-23H2,(H,43,50)(H,44,53)(H,45,51)(H,59,60)(H,61,62)(H,46,52,55)(H2,56,57,58)/t31-,34+,38+/m0/s1. The fourth-order valence-electron chi connectivity index (χ4n) is 8.25. The summed E-state index contributed by atoms with van der Waals surface area (Å²) < 4.78 is 65.9. The number of benzene rings is 3. The van der Waals surface area contributed by atoms with E-state index in [9.17, 15) is 62.5 Å². The highest BCUT2D eigenvalue weighted by atomic mass is 31.3. The molecule has 3 aliphatic rings. The molecular weight excluding hydrogens is 1000 g/mol. The first-order chi connectivity index (χ1) is 33.5. The van der Waals surface area contributed by atoms with E-state index >= 15 is 0 Å². The minimum Gasteiger partial charge on any atom is -0.508 e. The Morgan fingerprint density at radius 1 is 0.746 bits per heavy atom. The number of amides is 3. The van der Waals surface area contributed by atoms with Crippen molar-refractivity contribution in [1.82, 2.24) is 25.5 Å². The number of phosphoric ester groups is 1. The van der Waals surface area contributed by atoms with E-state index in [1.165, 1.54) is 30.3 Å². The molecule has 3 aromatic carbocycles. The highest BCUT2D eigenvalue weighted by Crippen LogP contribution is 2.66. The van der Waals surface area contributed by atoms with Crippen LogP contribution < -0.4 is 31.9 Å². The van der Waals surface area contributed by atoms with E-state index in [0.717, 1.165) is 16.8 Å². The van der Waals surface area contributed by atoms with Crippen LogP contribution >= 0.6 is 23.5 Å². The molecule has 1 saturated heterocycles. The van der Waals surface area contributed by atoms with Gasteiger partial charge in [-0.05, 0) is 62.1 Å². The van der Waals surface area contributed by atoms with Crippen molar-refractivity contribution in [3.8, 4) is 23.0 Å². The van der Waals surface area contributed by atoms with Crippen LogP contribution in [0.1, 0.15) is 101 Å². The van der Waals surface area contributed by atoms with Gasteiger partial charge in [-0.1, -0.05) is 18.9 Å². The molecule has 0 radical (unpaired) electrons. The monoisotopic (exact) mass is 1050 g/mol. The lowest BCUT2D eigenvalue weighted by Gasteiger charge is -2.36. The number of nitrogens with one attached hydrogen (secondary N) is 4. The molecule has 5 atom stereocenters. The summed E-state index contributed by atoms with van der Waals surface area (Å²) in [6.07, 6.45) is 1.96. The Morgan fingerprint density at radius 3 is 2.00 bits per heavy atom. The van der Waals surface area contributed by atoms with Crippen molar-refractivity contribution in [2.24, 2.45) is 0 Å². The molecule has 3 aliphatic heterocycles. The van der Waals surface area contributed by atoms with Gasteiger partial charge in [-0.3, -0.25) is 33.3 Å². The number of nitrogens with zero attached hydrogens (tertiary/aromatic N) is 1. The Kier molecular flexibility index (Phi) is 16.2. The van der Waals surface area contributed by atoms with Crippen LogP contribution in [0.15, 0.2) is 76.4 Å². The predicted octanol–water partition coefficient (Wildman–Crippen LogP) is 3.30. The second-order valence-corrected chi connectivity index (χ2v) is 20.9. The maximum Gasteiger partial charge on any atom is 0.490 e. The molecule has 3 amide bonds. The summed E-state index contributed by atoms with van der Waals surface area (Å²) in [5, 5.41) is 28.6. The molecule has 382 valence electrons. The molecule has 0 aliphatic carbocycles. The zero-order valence-corrected chi connectivity index (χ0v) is 39.8. The zero-order chi connectivity index (χ0) is 51.3. The Bertz CT molecular complexity index is 2920. The molecule has 71 heavy (non-hydrogen) atoms. The summed E-state index contributed by atoms with van der Waals surface area (Å²) in [4.78, 5) is 115. The third-order valence-corrected chi connectivity index (χ3v) is 15.2. The lowest BCUT2D eigenvalue weighted by Crippen LogP contribution is -2.42. The zero-order valence-electron chi connectivity index (χ0n) is 37.2. The fourth-order valence-corrected chi connectivity index (χ4v) is 11.3. The van der Waals surface area contributed by atoms with Crippen LogP contribution in [-0.2, 0) is 51.5 Å². The average molecular weight is 1050 g/mol. The van der Waals surface area contributed by atoms with E-state index in [4.69, 9.17) is 28.5 Å². The topological polar surface area (TPSA) is 387 Å². The number of aromatic nitrogens is 2. The number of carbonyl (C=O) groups is 4. The number of ether oxygens (including phenoxy) is 3. The number of hydrogen-bond acceptors (Lipinski definition) is 17. The third kappa shape index (κ3) is 13.1. The molecule has 1 fully saturated rings. The van der Waals surface area contributed by atoms with Crippen molar-refractivity contribution in [2.75, 3.05) is 19.7 Å². The molecule has 7 rings (SSSR count). The van der Waals surface area contributed by atoms with Crippen LogP contribution in [0.25, 0.3) is 0 Å². The van der Waals surface area contributed by atoms with Gasteiger partial charge in [0.2, 0.25) is 11.8 Å². The number of phosphoric acid groups is 3. The molecule has 0 bridgehead atoms. The molecule has 2 unspecified atom stereocenters. The Balaban J connectivity index is 0.801. The summed E-state index contributed by atoms with van der Waals surface area (Å²) >= 11 is 0. The van der Waals surface area contributed by atoms with E-state index in [0.29, 0.717) is 68.3 Å². The van der Waals surface area contributed by atoms with Crippen LogP contribution in [0.5, 0.6) is 23.0 Å². The average Bonchev–Trinajstić information content (AvgIpc) is 3.80. The number of aromatic hydroxyl groups is 2. The predicted molar refractivity (Wildman–Crippen MR) is 242 cm³/mol. The van der Waals surface area contributed by atoms with Crippen LogP contribution in [0.4, 0.5) is 0 Å². The number of esters is 1. The molecule has 26 nitrogen and oxygen atoms in total. The Hall–Kier alpha value is -6.01. The molecule has 1 spiro atoms. The van der Waals surface area contributed by atoms with E-state index < -0.39 is 83.1 Å². The van der Waals surface area contributed by atoms with Gasteiger partial charge < -0.3 is 59.9 Å². The summed E-state index contributed by atoms with van der Waals surface area (Å²) in [7, 11) is -17.0. The van der Waals surface area contributed by atoms with Gasteiger partial charge in [-0.25, -0.2) is 23.3 Å². The van der Waals surface area contributed by atoms with Crippen LogP contribution in [-0.4, -0.2) is 94.9 Å². The van der Waals surface area contributed by atoms with Crippen LogP contribution in [0.2, 0.25) is 0 Å². The Labute approximate surface area is 401 Å². The number of carbonyl (C=O) groups excluding carboxylic acids is 4. The molecule has 0 saturated carbocycles. The van der Waals surface area contributed by atoms with Gasteiger partial charge in [0.25, 0.3) is 11.5 Å². The van der Waals surface area contributed by atoms with Crippen molar-refractivity contribution >= 4 is 47.2 Å². The molecule has 10 N–H and O–H groups in total. The maximum atomic E-state index is 13.4. The number of fused-ring (bicyclic) bond motifs is 6. The lowest BCUT2D eigenvalue weighted by atomic mass is 9.77. The summed E-state index contributed by atoms with van der Waals surface area (Å²) in [5.74, 6) is -1.48. The lowest BCUT2D eigenvalue weighted by molar-refractivity contribution is -0.123. The summed E-state index contributed by atoms with van der Waals surface area (Å²) in [6.45, 7) is -0.276. The van der Waals surface area contributed by atoms with E-state index in [1.54, 1.807) is 24.3 Å². The van der Waals surface area contributed by atoms with E-state index in [1.807, 2.05) is 4.98 Å². The number of hydrogen-bond donors (Lipinski definition) is 10. The number of rotatable bonds is 22. The van der Waals surface area contributed by atoms with Crippen molar-refractivity contribution < 1.29 is 90.0 Å². The first-order valence-corrected chi connectivity index (χ1v) is 26.4. The molecular formula is C42H48N5O21P3. The van der Waals surface area contributed by atoms with E-state index in [-0.39, 0.29) is 59.3 Å². The highest BCUT2D eigenvalue weighted by Gasteiger charge is 2.54. The first kappa shape index (κ1) is 52.8. The number of phenolic OH excluding ortho intramolecular Hbond substituents is 2. The van der Waals surface area contributed by atoms with Crippen LogP contribution in [0.3, 0.4) is 0 Å². The smallest absolute Gasteiger partial charge is 0.490 e. The largest absolute Gasteiger partial charge is 0.508 e. The van der Waals surface area contributed by atoms with Gasteiger partial charge in [0, 0.05) is 79.0 Å². The minimum atomic E-state index is -5.82. The minimum absolute atomic E-state index is 0.00798. The third-order valence-electron chi connectivity index (χ3n) is 11.4. The van der Waals surface area contributed by atoms with E-state index in [2.05, 4.69) is 24.6 Å². The number of phenols is 2. The maximum absolute atomic E-state index is 13.4. The van der Waals surface area contributed by atoms with Gasteiger partial charge in [-0.2, -0.15) is 8.62 Å². The molecule has 1 aromatic heterocycles. The molecule has 29 heteroatoms. The second kappa shape index (κ2) is 21.8. The molecule has 4 heterocycles. The second-order valence-electron chi connectivity index (χ2n) is 16.5. The number of aromatic amines is 1. The van der Waals surface area contributed by atoms with Crippen LogP contribution in [0, 0.1) is 0 Å². The quantitative estimate of drug-likeness (QED) is 0.0306. The SMILES string of the molecule is O=C(CCCCCNC(=O)c1ccc2c(c1)C(=O)OC21c2ccc(O)cc2Oc2cc(O)ccc21)NCCCCCC(=O)N[C@H]1C[C@H](n2ccc(=O)[nH]c2=O)O[C@@H]1COP(=O)(O)OP(=O)(O)OP(=O)(O)O. The van der Waals surface area contributed by atoms with Crippen molar-refractivity contribution in [3.63, 3.8) is 0 Å². The normalized spacial score (nSPS) is 19.3. The van der Waals surface area contributed by atoms with Crippen molar-refractivity contribution in [1.29, 1.82) is 0 Å². The van der Waals surface area contributed by atoms with Crippen molar-refractivity contribution in [3.05, 3.63) is 116 Å². The molecule has 4 aromatic rings. The number of unbranched alkanes of at least 4 members (excludes halogenated alkanes) is 4. The van der Waals surface area contributed by atoms with Gasteiger partial charge in [-0.15, -0.1) is 0 Å². The fraction of sp³-hybridized carbons (Fsp3) is 0.381. The van der Waals surface area contributed by atoms with Gasteiger partial charge in [0.1, 0.15) is 35.3 Å². The number of H-pyrrole nitrogens is 1. The van der Waals surface area contributed by atoms with Gasteiger partial charge in [0.05, 0.1) is 18.2 Å². The van der Waals surface area contributed by atoms with Gasteiger partial charge in [0.15, 0.2) is 5.60 Å². The highest BCUT2D eigenvalue weighted by molar-refractivity contribution is 7.66. The summed E-state index contributed by atoms with van der Waals surface area (Å²) in [6, 6.07) is 13.5.